The highest BCUT2D eigenvalue weighted by atomic mass is 16.5. The summed E-state index contributed by atoms with van der Waals surface area (Å²) in [5.41, 5.74) is 2.22. The summed E-state index contributed by atoms with van der Waals surface area (Å²) >= 11 is 0. The molecule has 0 bridgehead atoms. The number of aliphatic carboxylic acids is 1. The van der Waals surface area contributed by atoms with Crippen molar-refractivity contribution in [3.63, 3.8) is 0 Å². The lowest BCUT2D eigenvalue weighted by Gasteiger charge is -2.05. The number of nitrogens with zero attached hydrogens (tertiary/aromatic N) is 3. The van der Waals surface area contributed by atoms with Gasteiger partial charge in [0.05, 0.1) is 17.8 Å². The Labute approximate surface area is 110 Å². The minimum absolute atomic E-state index is 0.0119. The lowest BCUT2D eigenvalue weighted by molar-refractivity contribution is -0.136. The van der Waals surface area contributed by atoms with E-state index in [4.69, 9.17) is 9.84 Å². The third-order valence-corrected chi connectivity index (χ3v) is 2.56. The molecule has 1 N–H and O–H groups in total. The van der Waals surface area contributed by atoms with Gasteiger partial charge in [-0.25, -0.2) is 0 Å². The first-order chi connectivity index (χ1) is 9.04. The average molecular weight is 259 g/mol. The molecular weight excluding hydrogens is 246 g/mol. The van der Waals surface area contributed by atoms with Gasteiger partial charge in [-0.15, -0.1) is 5.10 Å². The molecule has 0 aliphatic heterocycles. The molecule has 98 valence electrons. The zero-order valence-corrected chi connectivity index (χ0v) is 10.6. The molecule has 0 amide bonds. The van der Waals surface area contributed by atoms with Crippen LogP contribution in [0.3, 0.4) is 0 Å². The van der Waals surface area contributed by atoms with Crippen molar-refractivity contribution in [3.8, 4) is 11.8 Å². The van der Waals surface area contributed by atoms with Gasteiger partial charge >= 0.3 is 12.0 Å². The molecule has 6 heteroatoms. The molecule has 0 saturated carbocycles. The molecule has 0 atom stereocenters. The second-order valence-electron chi connectivity index (χ2n) is 4.08. The van der Waals surface area contributed by atoms with E-state index in [0.29, 0.717) is 11.3 Å². The molecule has 0 aliphatic carbocycles. The monoisotopic (exact) mass is 259 g/mol. The van der Waals surface area contributed by atoms with Crippen molar-refractivity contribution in [2.24, 2.45) is 0 Å². The largest absolute Gasteiger partial charge is 0.481 e. The van der Waals surface area contributed by atoms with Gasteiger partial charge in [0, 0.05) is 0 Å². The number of hydrogen-bond acceptors (Lipinski definition) is 5. The lowest BCUT2D eigenvalue weighted by Crippen LogP contribution is -2.01. The summed E-state index contributed by atoms with van der Waals surface area (Å²) in [6.45, 7) is 3.65. The fourth-order valence-electron chi connectivity index (χ4n) is 1.44. The number of carbonyl (C=O) groups is 1. The van der Waals surface area contributed by atoms with Crippen LogP contribution in [-0.4, -0.2) is 26.3 Å². The number of carboxylic acids is 1. The quantitative estimate of drug-likeness (QED) is 0.902. The molecule has 0 unspecified atom stereocenters. The summed E-state index contributed by atoms with van der Waals surface area (Å²) < 4.78 is 5.44. The van der Waals surface area contributed by atoms with Crippen molar-refractivity contribution >= 4 is 5.97 Å². The van der Waals surface area contributed by atoms with Crippen LogP contribution in [0.1, 0.15) is 17.0 Å². The fraction of sp³-hybridized carbons (Fsp3) is 0.231. The number of rotatable bonds is 4. The van der Waals surface area contributed by atoms with Crippen molar-refractivity contribution in [2.75, 3.05) is 0 Å². The maximum atomic E-state index is 10.6. The van der Waals surface area contributed by atoms with Crippen LogP contribution < -0.4 is 4.74 Å². The third-order valence-electron chi connectivity index (χ3n) is 2.56. The summed E-state index contributed by atoms with van der Waals surface area (Å²) in [4.78, 5) is 14.7. The maximum Gasteiger partial charge on any atom is 0.341 e. The van der Waals surface area contributed by atoms with Crippen LogP contribution >= 0.6 is 0 Å². The van der Waals surface area contributed by atoms with Gasteiger partial charge in [0.2, 0.25) is 0 Å². The van der Waals surface area contributed by atoms with E-state index in [1.54, 1.807) is 24.3 Å². The Balaban J connectivity index is 2.10. The Morgan fingerprint density at radius 3 is 2.42 bits per heavy atom. The van der Waals surface area contributed by atoms with Gasteiger partial charge in [-0.3, -0.25) is 4.79 Å². The normalized spacial score (nSPS) is 10.2. The summed E-state index contributed by atoms with van der Waals surface area (Å²) in [6, 6.07) is 6.91. The predicted octanol–water partition coefficient (Wildman–Crippen LogP) is 1.91. The van der Waals surface area contributed by atoms with E-state index in [-0.39, 0.29) is 12.4 Å². The number of hydrogen-bond donors (Lipinski definition) is 1. The predicted molar refractivity (Wildman–Crippen MR) is 67.2 cm³/mol. The van der Waals surface area contributed by atoms with Crippen molar-refractivity contribution in [2.45, 2.75) is 20.3 Å². The van der Waals surface area contributed by atoms with E-state index in [1.807, 2.05) is 13.8 Å². The van der Waals surface area contributed by atoms with Gasteiger partial charge < -0.3 is 9.84 Å². The molecule has 2 rings (SSSR count). The molecule has 1 heterocycles. The molecule has 0 radical (unpaired) electrons. The van der Waals surface area contributed by atoms with Crippen molar-refractivity contribution in [1.29, 1.82) is 0 Å². The van der Waals surface area contributed by atoms with Crippen molar-refractivity contribution < 1.29 is 14.6 Å². The molecule has 0 saturated heterocycles. The van der Waals surface area contributed by atoms with Crippen LogP contribution in [0.5, 0.6) is 11.8 Å². The van der Waals surface area contributed by atoms with Crippen LogP contribution in [0, 0.1) is 13.8 Å². The van der Waals surface area contributed by atoms with Gasteiger partial charge in [-0.05, 0) is 31.5 Å². The van der Waals surface area contributed by atoms with Crippen molar-refractivity contribution in [3.05, 3.63) is 41.2 Å². The molecule has 6 nitrogen and oxygen atoms in total. The molecule has 1 aromatic carbocycles. The second kappa shape index (κ2) is 5.43. The second-order valence-corrected chi connectivity index (χ2v) is 4.08. The average Bonchev–Trinajstić information content (AvgIpc) is 2.36. The SMILES string of the molecule is Cc1nnc(Oc2ccc(CC(=O)O)cc2)nc1C. The Hall–Kier alpha value is -2.50. The summed E-state index contributed by atoms with van der Waals surface area (Å²) in [5.74, 6) is -0.324. The van der Waals surface area contributed by atoms with Gasteiger partial charge in [0.1, 0.15) is 5.75 Å². The molecule has 0 spiro atoms. The molecular formula is C13H13N3O3. The summed E-state index contributed by atoms with van der Waals surface area (Å²) in [7, 11) is 0. The molecule has 0 fully saturated rings. The van der Waals surface area contributed by atoms with Crippen LogP contribution in [0.15, 0.2) is 24.3 Å². The summed E-state index contributed by atoms with van der Waals surface area (Å²) in [5, 5.41) is 16.4. The number of benzene rings is 1. The molecule has 1 aromatic heterocycles. The third kappa shape index (κ3) is 3.48. The first-order valence-electron chi connectivity index (χ1n) is 5.71. The van der Waals surface area contributed by atoms with Crippen LogP contribution in [-0.2, 0) is 11.2 Å². The molecule has 0 aliphatic rings. The van der Waals surface area contributed by atoms with Gasteiger partial charge in [0.25, 0.3) is 0 Å². The van der Waals surface area contributed by atoms with Gasteiger partial charge in [-0.1, -0.05) is 17.2 Å². The highest BCUT2D eigenvalue weighted by Gasteiger charge is 2.05. The number of carboxylic acid groups (broad SMARTS) is 1. The highest BCUT2D eigenvalue weighted by molar-refractivity contribution is 5.70. The summed E-state index contributed by atoms with van der Waals surface area (Å²) in [6.07, 6.45) is -0.0119. The van der Waals surface area contributed by atoms with E-state index >= 15 is 0 Å². The van der Waals surface area contributed by atoms with Crippen LogP contribution in [0.4, 0.5) is 0 Å². The number of ether oxygens (including phenoxy) is 1. The van der Waals surface area contributed by atoms with E-state index in [9.17, 15) is 4.79 Å². The van der Waals surface area contributed by atoms with E-state index in [2.05, 4.69) is 15.2 Å². The van der Waals surface area contributed by atoms with Crippen LogP contribution in [0.2, 0.25) is 0 Å². The lowest BCUT2D eigenvalue weighted by atomic mass is 10.1. The van der Waals surface area contributed by atoms with Gasteiger partial charge in [0.15, 0.2) is 0 Å². The Morgan fingerprint density at radius 2 is 1.84 bits per heavy atom. The maximum absolute atomic E-state index is 10.6. The zero-order valence-electron chi connectivity index (χ0n) is 10.6. The minimum Gasteiger partial charge on any atom is -0.481 e. The fourth-order valence-corrected chi connectivity index (χ4v) is 1.44. The van der Waals surface area contributed by atoms with E-state index in [1.165, 1.54) is 0 Å². The highest BCUT2D eigenvalue weighted by Crippen LogP contribution is 2.18. The standard InChI is InChI=1S/C13H13N3O3/c1-8-9(2)15-16-13(14-8)19-11-5-3-10(4-6-11)7-12(17)18/h3-6H,7H2,1-2H3,(H,17,18). The zero-order chi connectivity index (χ0) is 13.8. The number of aryl methyl sites for hydroxylation is 2. The first-order valence-corrected chi connectivity index (χ1v) is 5.71. The Bertz CT molecular complexity index is 597. The van der Waals surface area contributed by atoms with Crippen LogP contribution in [0.25, 0.3) is 0 Å². The minimum atomic E-state index is -0.865. The first kappa shape index (κ1) is 12.9. The molecule has 19 heavy (non-hydrogen) atoms. The smallest absolute Gasteiger partial charge is 0.341 e. The number of aromatic nitrogens is 3. The Kier molecular flexibility index (Phi) is 3.70. The van der Waals surface area contributed by atoms with Gasteiger partial charge in [-0.2, -0.15) is 4.98 Å². The van der Waals surface area contributed by atoms with Crippen molar-refractivity contribution in [1.82, 2.24) is 15.2 Å². The van der Waals surface area contributed by atoms with E-state index < -0.39 is 5.97 Å². The van der Waals surface area contributed by atoms with E-state index in [0.717, 1.165) is 11.4 Å². The molecule has 2 aromatic rings. The Morgan fingerprint density at radius 1 is 1.16 bits per heavy atom. The topological polar surface area (TPSA) is 85.2 Å².